The molecule has 7 nitrogen and oxygen atoms in total. The molecule has 0 bridgehead atoms. The molecular formula is C10H13N3O4. The van der Waals surface area contributed by atoms with Crippen molar-refractivity contribution in [2.24, 2.45) is 0 Å². The van der Waals surface area contributed by atoms with E-state index < -0.39 is 4.92 Å². The molecule has 0 aromatic carbocycles. The minimum absolute atomic E-state index is 0.0745. The van der Waals surface area contributed by atoms with Crippen LogP contribution < -0.4 is 10.6 Å². The second kappa shape index (κ2) is 4.96. The summed E-state index contributed by atoms with van der Waals surface area (Å²) in [7, 11) is 0. The van der Waals surface area contributed by atoms with Crippen molar-refractivity contribution in [2.45, 2.75) is 25.4 Å². The Morgan fingerprint density at radius 2 is 2.41 bits per heavy atom. The van der Waals surface area contributed by atoms with Gasteiger partial charge in [0, 0.05) is 19.0 Å². The van der Waals surface area contributed by atoms with Crippen LogP contribution in [-0.4, -0.2) is 23.4 Å². The SMILES string of the molecule is O=C1CCC(CNCc2ccc([N+](=O)[O-])o2)N1. The van der Waals surface area contributed by atoms with Gasteiger partial charge >= 0.3 is 5.88 Å². The smallest absolute Gasteiger partial charge is 0.404 e. The lowest BCUT2D eigenvalue weighted by molar-refractivity contribution is -0.402. The van der Waals surface area contributed by atoms with Crippen molar-refractivity contribution < 1.29 is 14.1 Å². The number of nitrogens with zero attached hydrogens (tertiary/aromatic N) is 1. The Morgan fingerprint density at radius 1 is 1.59 bits per heavy atom. The fourth-order valence-corrected chi connectivity index (χ4v) is 1.76. The van der Waals surface area contributed by atoms with Crippen LogP contribution in [0, 0.1) is 10.1 Å². The predicted octanol–water partition coefficient (Wildman–Crippen LogP) is 0.556. The summed E-state index contributed by atoms with van der Waals surface area (Å²) < 4.78 is 4.98. The number of carbonyl (C=O) groups is 1. The standard InChI is InChI=1S/C10H13N3O4/c14-9-3-1-7(12-9)5-11-6-8-2-4-10(17-8)13(15)16/h2,4,7,11H,1,3,5-6H2,(H,12,14). The van der Waals surface area contributed by atoms with Crippen LogP contribution in [0.4, 0.5) is 5.88 Å². The molecule has 2 heterocycles. The third-order valence-electron chi connectivity index (χ3n) is 2.60. The summed E-state index contributed by atoms with van der Waals surface area (Å²) in [6, 6.07) is 3.04. The van der Waals surface area contributed by atoms with E-state index in [1.54, 1.807) is 6.07 Å². The molecule has 2 N–H and O–H groups in total. The number of amides is 1. The van der Waals surface area contributed by atoms with Crippen molar-refractivity contribution in [3.63, 3.8) is 0 Å². The molecule has 0 radical (unpaired) electrons. The minimum atomic E-state index is -0.569. The van der Waals surface area contributed by atoms with E-state index in [1.165, 1.54) is 6.07 Å². The van der Waals surface area contributed by atoms with Gasteiger partial charge in [-0.1, -0.05) is 0 Å². The zero-order valence-electron chi connectivity index (χ0n) is 9.14. The Kier molecular flexibility index (Phi) is 3.38. The summed E-state index contributed by atoms with van der Waals surface area (Å²) in [6.07, 6.45) is 1.39. The first-order valence-electron chi connectivity index (χ1n) is 5.38. The molecule has 92 valence electrons. The van der Waals surface area contributed by atoms with Crippen molar-refractivity contribution in [3.8, 4) is 0 Å². The molecule has 1 aliphatic rings. The Balaban J connectivity index is 1.74. The lowest BCUT2D eigenvalue weighted by Gasteiger charge is -2.09. The number of hydrogen-bond donors (Lipinski definition) is 2. The summed E-state index contributed by atoms with van der Waals surface area (Å²) >= 11 is 0. The van der Waals surface area contributed by atoms with Crippen LogP contribution >= 0.6 is 0 Å². The lowest BCUT2D eigenvalue weighted by Crippen LogP contribution is -2.35. The first-order valence-corrected chi connectivity index (χ1v) is 5.38. The van der Waals surface area contributed by atoms with Gasteiger partial charge in [-0.15, -0.1) is 0 Å². The van der Waals surface area contributed by atoms with Gasteiger partial charge in [-0.25, -0.2) is 0 Å². The molecule has 1 saturated heterocycles. The van der Waals surface area contributed by atoms with Crippen LogP contribution in [0.15, 0.2) is 16.5 Å². The van der Waals surface area contributed by atoms with Crippen LogP contribution in [0.1, 0.15) is 18.6 Å². The fraction of sp³-hybridized carbons (Fsp3) is 0.500. The van der Waals surface area contributed by atoms with Crippen LogP contribution in [0.5, 0.6) is 0 Å². The maximum absolute atomic E-state index is 10.9. The van der Waals surface area contributed by atoms with Gasteiger partial charge in [0.1, 0.15) is 10.7 Å². The van der Waals surface area contributed by atoms with E-state index in [4.69, 9.17) is 4.42 Å². The van der Waals surface area contributed by atoms with Gasteiger partial charge in [0.25, 0.3) is 0 Å². The average Bonchev–Trinajstić information content (AvgIpc) is 2.88. The highest BCUT2D eigenvalue weighted by Crippen LogP contribution is 2.15. The molecule has 1 fully saturated rings. The highest BCUT2D eigenvalue weighted by atomic mass is 16.6. The van der Waals surface area contributed by atoms with Crippen molar-refractivity contribution in [3.05, 3.63) is 28.0 Å². The number of rotatable bonds is 5. The zero-order valence-corrected chi connectivity index (χ0v) is 9.14. The van der Waals surface area contributed by atoms with Gasteiger partial charge in [-0.2, -0.15) is 0 Å². The molecular weight excluding hydrogens is 226 g/mol. The third kappa shape index (κ3) is 3.04. The van der Waals surface area contributed by atoms with E-state index in [9.17, 15) is 14.9 Å². The monoisotopic (exact) mass is 239 g/mol. The van der Waals surface area contributed by atoms with Crippen molar-refractivity contribution in [2.75, 3.05) is 6.54 Å². The second-order valence-electron chi connectivity index (χ2n) is 3.93. The zero-order chi connectivity index (χ0) is 12.3. The van der Waals surface area contributed by atoms with Gasteiger partial charge in [0.2, 0.25) is 5.91 Å². The maximum Gasteiger partial charge on any atom is 0.433 e. The molecule has 1 unspecified atom stereocenters. The maximum atomic E-state index is 10.9. The van der Waals surface area contributed by atoms with Crippen LogP contribution in [-0.2, 0) is 11.3 Å². The molecule has 1 aliphatic heterocycles. The van der Waals surface area contributed by atoms with E-state index in [2.05, 4.69) is 10.6 Å². The predicted molar refractivity (Wildman–Crippen MR) is 58.2 cm³/mol. The summed E-state index contributed by atoms with van der Waals surface area (Å²) in [5.74, 6) is 0.336. The first kappa shape index (κ1) is 11.6. The van der Waals surface area contributed by atoms with Gasteiger partial charge in [-0.05, 0) is 12.5 Å². The highest BCUT2D eigenvalue weighted by Gasteiger charge is 2.20. The molecule has 1 atom stereocenters. The molecule has 0 saturated carbocycles. The highest BCUT2D eigenvalue weighted by molar-refractivity contribution is 5.78. The average molecular weight is 239 g/mol. The van der Waals surface area contributed by atoms with Crippen LogP contribution in [0.25, 0.3) is 0 Å². The molecule has 17 heavy (non-hydrogen) atoms. The summed E-state index contributed by atoms with van der Waals surface area (Å²) in [5, 5.41) is 16.3. The van der Waals surface area contributed by atoms with Crippen LogP contribution in [0.2, 0.25) is 0 Å². The molecule has 0 spiro atoms. The second-order valence-corrected chi connectivity index (χ2v) is 3.93. The Hall–Kier alpha value is -1.89. The van der Waals surface area contributed by atoms with Gasteiger partial charge in [-0.3, -0.25) is 14.9 Å². The summed E-state index contributed by atoms with van der Waals surface area (Å²) in [6.45, 7) is 1.06. The quantitative estimate of drug-likeness (QED) is 0.577. The summed E-state index contributed by atoms with van der Waals surface area (Å²) in [4.78, 5) is 20.7. The van der Waals surface area contributed by atoms with E-state index in [1.807, 2.05) is 0 Å². The number of carbonyl (C=O) groups excluding carboxylic acids is 1. The summed E-state index contributed by atoms with van der Waals surface area (Å²) in [5.41, 5.74) is 0. The first-order chi connectivity index (χ1) is 8.15. The van der Waals surface area contributed by atoms with Crippen molar-refractivity contribution in [1.82, 2.24) is 10.6 Å². The minimum Gasteiger partial charge on any atom is -0.404 e. The van der Waals surface area contributed by atoms with Crippen LogP contribution in [0.3, 0.4) is 0 Å². The Labute approximate surface area is 97.3 Å². The van der Waals surface area contributed by atoms with Gasteiger partial charge in [0.05, 0.1) is 12.6 Å². The molecule has 1 amide bonds. The third-order valence-corrected chi connectivity index (χ3v) is 2.60. The van der Waals surface area contributed by atoms with E-state index in [-0.39, 0.29) is 17.8 Å². The number of nitrogens with one attached hydrogen (secondary N) is 2. The fourth-order valence-electron chi connectivity index (χ4n) is 1.76. The van der Waals surface area contributed by atoms with Crippen molar-refractivity contribution >= 4 is 11.8 Å². The van der Waals surface area contributed by atoms with E-state index in [0.29, 0.717) is 25.3 Å². The number of hydrogen-bond acceptors (Lipinski definition) is 5. The molecule has 0 aliphatic carbocycles. The largest absolute Gasteiger partial charge is 0.433 e. The molecule has 1 aromatic heterocycles. The Bertz CT molecular complexity index is 429. The van der Waals surface area contributed by atoms with Crippen molar-refractivity contribution in [1.29, 1.82) is 0 Å². The van der Waals surface area contributed by atoms with E-state index >= 15 is 0 Å². The molecule has 1 aromatic rings. The van der Waals surface area contributed by atoms with Gasteiger partial charge in [0.15, 0.2) is 0 Å². The molecule has 2 rings (SSSR count). The topological polar surface area (TPSA) is 97.4 Å². The van der Waals surface area contributed by atoms with E-state index in [0.717, 1.165) is 6.42 Å². The molecule has 7 heteroatoms. The van der Waals surface area contributed by atoms with Gasteiger partial charge < -0.3 is 15.1 Å². The lowest BCUT2D eigenvalue weighted by atomic mass is 10.2. The Morgan fingerprint density at radius 3 is 3.00 bits per heavy atom. The normalized spacial score (nSPS) is 19.3. The number of furan rings is 1. The number of nitro groups is 1.